The number of aromatic nitrogens is 1. The van der Waals surface area contributed by atoms with Gasteiger partial charge in [0.25, 0.3) is 0 Å². The molecule has 2 heterocycles. The first kappa shape index (κ1) is 25.1. The van der Waals surface area contributed by atoms with Crippen molar-refractivity contribution >= 4 is 15.9 Å². The number of carbonyl (C=O) groups is 1. The standard InChI is InChI=1S/C27H33N3O4S/c1-19-17-20(2)22(4)27(21(19)3)35(32,33)30-15-13-29(14-16-30)26(31)12-8-11-25-28-18-24(34-25)23-9-6-5-7-10-23/h5-7,9-10,17-18H,8,11-16H2,1-4H3. The van der Waals surface area contributed by atoms with Crippen molar-refractivity contribution in [3.8, 4) is 11.3 Å². The molecule has 0 N–H and O–H groups in total. The van der Waals surface area contributed by atoms with Crippen molar-refractivity contribution in [1.82, 2.24) is 14.2 Å². The second-order valence-electron chi connectivity index (χ2n) is 9.21. The van der Waals surface area contributed by atoms with Crippen LogP contribution in [0.4, 0.5) is 0 Å². The summed E-state index contributed by atoms with van der Waals surface area (Å²) in [6.45, 7) is 9.03. The Bertz CT molecular complexity index is 1280. The van der Waals surface area contributed by atoms with Gasteiger partial charge in [0.05, 0.1) is 11.1 Å². The van der Waals surface area contributed by atoms with E-state index in [-0.39, 0.29) is 5.91 Å². The molecule has 0 spiro atoms. The average Bonchev–Trinajstić information content (AvgIpc) is 3.32. The van der Waals surface area contributed by atoms with Gasteiger partial charge in [-0.05, 0) is 56.4 Å². The summed E-state index contributed by atoms with van der Waals surface area (Å²) >= 11 is 0. The fraction of sp³-hybridized carbons (Fsp3) is 0.407. The van der Waals surface area contributed by atoms with E-state index in [9.17, 15) is 13.2 Å². The highest BCUT2D eigenvalue weighted by Gasteiger charge is 2.32. The molecule has 0 saturated carbocycles. The third-order valence-corrected chi connectivity index (χ3v) is 9.05. The first-order valence-electron chi connectivity index (χ1n) is 12.0. The molecule has 4 rings (SSSR count). The molecule has 2 aromatic carbocycles. The fourth-order valence-electron chi connectivity index (χ4n) is 4.59. The van der Waals surface area contributed by atoms with Gasteiger partial charge in [0.1, 0.15) is 0 Å². The molecule has 0 radical (unpaired) electrons. The van der Waals surface area contributed by atoms with Crippen LogP contribution in [0.5, 0.6) is 0 Å². The largest absolute Gasteiger partial charge is 0.441 e. The van der Waals surface area contributed by atoms with Crippen LogP contribution in [0.25, 0.3) is 11.3 Å². The SMILES string of the molecule is Cc1cc(C)c(C)c(S(=O)(=O)N2CCN(C(=O)CCCc3ncc(-c4ccccc4)o3)CC2)c1C. The van der Waals surface area contributed by atoms with E-state index in [0.29, 0.717) is 56.2 Å². The normalized spacial score (nSPS) is 14.9. The number of hydrogen-bond acceptors (Lipinski definition) is 5. The van der Waals surface area contributed by atoms with E-state index in [1.165, 1.54) is 4.31 Å². The summed E-state index contributed by atoms with van der Waals surface area (Å²) in [7, 11) is -3.62. The third-order valence-electron chi connectivity index (χ3n) is 6.88. The Kier molecular flexibility index (Phi) is 7.42. The topological polar surface area (TPSA) is 83.7 Å². The second kappa shape index (κ2) is 10.3. The maximum atomic E-state index is 13.4. The van der Waals surface area contributed by atoms with Crippen LogP contribution in [0.2, 0.25) is 0 Å². The highest BCUT2D eigenvalue weighted by molar-refractivity contribution is 7.89. The molecular weight excluding hydrogens is 462 g/mol. The molecular formula is C27H33N3O4S. The molecule has 35 heavy (non-hydrogen) atoms. The van der Waals surface area contributed by atoms with Crippen molar-refractivity contribution in [3.63, 3.8) is 0 Å². The quantitative estimate of drug-likeness (QED) is 0.484. The van der Waals surface area contributed by atoms with E-state index in [0.717, 1.165) is 33.6 Å². The van der Waals surface area contributed by atoms with Gasteiger partial charge < -0.3 is 9.32 Å². The first-order valence-corrected chi connectivity index (χ1v) is 13.5. The summed E-state index contributed by atoms with van der Waals surface area (Å²) in [5.74, 6) is 1.38. The Balaban J connectivity index is 1.31. The molecule has 0 bridgehead atoms. The van der Waals surface area contributed by atoms with Crippen molar-refractivity contribution in [2.45, 2.75) is 51.9 Å². The lowest BCUT2D eigenvalue weighted by Gasteiger charge is -2.35. The van der Waals surface area contributed by atoms with Gasteiger partial charge in [-0.3, -0.25) is 4.79 Å². The number of piperazine rings is 1. The van der Waals surface area contributed by atoms with Crippen molar-refractivity contribution in [1.29, 1.82) is 0 Å². The Morgan fingerprint density at radius 1 is 0.971 bits per heavy atom. The summed E-state index contributed by atoms with van der Waals surface area (Å²) in [4.78, 5) is 19.2. The molecule has 1 fully saturated rings. The molecule has 186 valence electrons. The number of rotatable bonds is 7. The average molecular weight is 496 g/mol. The number of benzene rings is 2. The molecule has 0 atom stereocenters. The molecule has 0 unspecified atom stereocenters. The minimum absolute atomic E-state index is 0.0376. The summed E-state index contributed by atoms with van der Waals surface area (Å²) in [5.41, 5.74) is 4.52. The summed E-state index contributed by atoms with van der Waals surface area (Å²) < 4.78 is 34.2. The van der Waals surface area contributed by atoms with E-state index in [4.69, 9.17) is 4.42 Å². The molecule has 1 aliphatic heterocycles. The molecule has 1 amide bonds. The molecule has 1 aliphatic rings. The summed E-state index contributed by atoms with van der Waals surface area (Å²) in [6, 6.07) is 11.8. The number of amides is 1. The Labute approximate surface area is 207 Å². The lowest BCUT2D eigenvalue weighted by atomic mass is 10.0. The number of aryl methyl sites for hydroxylation is 3. The van der Waals surface area contributed by atoms with Gasteiger partial charge >= 0.3 is 0 Å². The smallest absolute Gasteiger partial charge is 0.243 e. The molecule has 8 heteroatoms. The van der Waals surface area contributed by atoms with Crippen molar-refractivity contribution < 1.29 is 17.6 Å². The van der Waals surface area contributed by atoms with E-state index in [1.807, 2.05) is 64.1 Å². The number of oxazole rings is 1. The van der Waals surface area contributed by atoms with Crippen molar-refractivity contribution in [2.24, 2.45) is 0 Å². The lowest BCUT2D eigenvalue weighted by molar-refractivity contribution is -0.132. The Hall–Kier alpha value is -2.97. The fourth-order valence-corrected chi connectivity index (χ4v) is 6.58. The van der Waals surface area contributed by atoms with E-state index >= 15 is 0 Å². The first-order chi connectivity index (χ1) is 16.7. The molecule has 3 aromatic rings. The minimum atomic E-state index is -3.62. The third kappa shape index (κ3) is 5.33. The number of sulfonamides is 1. The van der Waals surface area contributed by atoms with Gasteiger partial charge in [-0.1, -0.05) is 36.4 Å². The zero-order chi connectivity index (χ0) is 25.2. The van der Waals surface area contributed by atoms with Gasteiger partial charge in [0.15, 0.2) is 11.7 Å². The van der Waals surface area contributed by atoms with Crippen LogP contribution in [-0.2, 0) is 21.2 Å². The van der Waals surface area contributed by atoms with E-state index in [1.54, 1.807) is 11.1 Å². The van der Waals surface area contributed by atoms with Crippen LogP contribution in [0.15, 0.2) is 51.9 Å². The van der Waals surface area contributed by atoms with Crippen molar-refractivity contribution in [3.05, 3.63) is 70.7 Å². The molecule has 1 aromatic heterocycles. The van der Waals surface area contributed by atoms with Gasteiger partial charge in [-0.15, -0.1) is 0 Å². The lowest BCUT2D eigenvalue weighted by Crippen LogP contribution is -2.50. The van der Waals surface area contributed by atoms with Crippen LogP contribution >= 0.6 is 0 Å². The van der Waals surface area contributed by atoms with Gasteiger partial charge in [-0.25, -0.2) is 13.4 Å². The number of nitrogens with zero attached hydrogens (tertiary/aromatic N) is 3. The zero-order valence-corrected chi connectivity index (χ0v) is 21.7. The Morgan fingerprint density at radius 2 is 1.60 bits per heavy atom. The summed E-state index contributed by atoms with van der Waals surface area (Å²) in [5, 5.41) is 0. The van der Waals surface area contributed by atoms with Crippen LogP contribution in [-0.4, -0.2) is 54.7 Å². The predicted molar refractivity (Wildman–Crippen MR) is 136 cm³/mol. The second-order valence-corrected chi connectivity index (χ2v) is 11.1. The maximum Gasteiger partial charge on any atom is 0.243 e. The molecule has 7 nitrogen and oxygen atoms in total. The highest BCUT2D eigenvalue weighted by atomic mass is 32.2. The number of carbonyl (C=O) groups excluding carboxylic acids is 1. The molecule has 0 aliphatic carbocycles. The van der Waals surface area contributed by atoms with Gasteiger partial charge in [-0.2, -0.15) is 4.31 Å². The number of hydrogen-bond donors (Lipinski definition) is 0. The zero-order valence-electron chi connectivity index (χ0n) is 20.9. The van der Waals surface area contributed by atoms with Gasteiger partial charge in [0.2, 0.25) is 15.9 Å². The van der Waals surface area contributed by atoms with Crippen LogP contribution in [0.1, 0.15) is 41.0 Å². The highest BCUT2D eigenvalue weighted by Crippen LogP contribution is 2.29. The predicted octanol–water partition coefficient (Wildman–Crippen LogP) is 4.43. The van der Waals surface area contributed by atoms with Crippen LogP contribution in [0.3, 0.4) is 0 Å². The monoisotopic (exact) mass is 495 g/mol. The summed E-state index contributed by atoms with van der Waals surface area (Å²) in [6.07, 6.45) is 3.31. The van der Waals surface area contributed by atoms with Crippen LogP contribution in [0, 0.1) is 27.7 Å². The minimum Gasteiger partial charge on any atom is -0.441 e. The maximum absolute atomic E-state index is 13.4. The van der Waals surface area contributed by atoms with E-state index in [2.05, 4.69) is 4.98 Å². The van der Waals surface area contributed by atoms with Crippen molar-refractivity contribution in [2.75, 3.05) is 26.2 Å². The Morgan fingerprint density at radius 3 is 2.23 bits per heavy atom. The molecule has 1 saturated heterocycles. The van der Waals surface area contributed by atoms with E-state index < -0.39 is 10.0 Å². The van der Waals surface area contributed by atoms with Gasteiger partial charge in [0, 0.05) is 44.6 Å². The van der Waals surface area contributed by atoms with Crippen LogP contribution < -0.4 is 0 Å².